The summed E-state index contributed by atoms with van der Waals surface area (Å²) in [6, 6.07) is 17.3. The van der Waals surface area contributed by atoms with Gasteiger partial charge in [0, 0.05) is 22.7 Å². The lowest BCUT2D eigenvalue weighted by atomic mass is 10.00. The highest BCUT2D eigenvalue weighted by Crippen LogP contribution is 2.31. The highest BCUT2D eigenvalue weighted by Gasteiger charge is 2.29. The van der Waals surface area contributed by atoms with E-state index in [0.717, 1.165) is 34.0 Å². The van der Waals surface area contributed by atoms with E-state index in [1.54, 1.807) is 15.8 Å². The maximum Gasteiger partial charge on any atom is 0.257 e. The number of hydrogen-bond acceptors (Lipinski definition) is 4. The topological polar surface area (TPSA) is 64.2 Å². The van der Waals surface area contributed by atoms with E-state index in [-0.39, 0.29) is 5.91 Å². The average molecular weight is 419 g/mol. The summed E-state index contributed by atoms with van der Waals surface area (Å²) in [5.74, 6) is 0.707. The van der Waals surface area contributed by atoms with E-state index < -0.39 is 0 Å². The Morgan fingerprint density at radius 3 is 2.63 bits per heavy atom. The minimum Gasteiger partial charge on any atom is -0.356 e. The molecule has 1 aliphatic rings. The van der Waals surface area contributed by atoms with Crippen LogP contribution in [0.2, 0.25) is 5.02 Å². The van der Waals surface area contributed by atoms with Gasteiger partial charge in [-0.15, -0.1) is 0 Å². The third kappa shape index (κ3) is 3.19. The molecule has 5 rings (SSSR count). The lowest BCUT2D eigenvalue weighted by Gasteiger charge is -2.26. The molecule has 30 heavy (non-hydrogen) atoms. The van der Waals surface area contributed by atoms with Crippen molar-refractivity contribution in [1.82, 2.24) is 19.8 Å². The van der Waals surface area contributed by atoms with E-state index in [1.807, 2.05) is 61.5 Å². The van der Waals surface area contributed by atoms with Crippen molar-refractivity contribution >= 4 is 17.5 Å². The van der Waals surface area contributed by atoms with Crippen molar-refractivity contribution in [3.63, 3.8) is 0 Å². The molecule has 0 saturated carbocycles. The summed E-state index contributed by atoms with van der Waals surface area (Å²) in [6.45, 7) is 2.93. The normalized spacial score (nSPS) is 13.3. The van der Waals surface area contributed by atoms with E-state index in [1.165, 1.54) is 0 Å². The molecule has 0 bridgehead atoms. The van der Waals surface area contributed by atoms with Crippen LogP contribution in [0.1, 0.15) is 27.3 Å². The smallest absolute Gasteiger partial charge is 0.257 e. The molecular weight excluding hydrogens is 400 g/mol. The molecule has 1 amide bonds. The zero-order valence-electron chi connectivity index (χ0n) is 16.4. The van der Waals surface area contributed by atoms with Gasteiger partial charge >= 0.3 is 0 Å². The van der Waals surface area contributed by atoms with Crippen molar-refractivity contribution in [3.8, 4) is 17.0 Å². The van der Waals surface area contributed by atoms with Gasteiger partial charge in [-0.2, -0.15) is 5.10 Å². The largest absolute Gasteiger partial charge is 0.356 e. The van der Waals surface area contributed by atoms with Gasteiger partial charge in [-0.3, -0.25) is 4.79 Å². The number of aromatic nitrogens is 3. The number of rotatable bonds is 3. The predicted molar refractivity (Wildman–Crippen MR) is 114 cm³/mol. The fourth-order valence-corrected chi connectivity index (χ4v) is 3.98. The van der Waals surface area contributed by atoms with Gasteiger partial charge in [0.25, 0.3) is 5.91 Å². The monoisotopic (exact) mass is 418 g/mol. The Bertz CT molecular complexity index is 1210. The summed E-state index contributed by atoms with van der Waals surface area (Å²) in [6.07, 6.45) is 2.33. The first kappa shape index (κ1) is 18.6. The maximum atomic E-state index is 13.2. The maximum absolute atomic E-state index is 13.2. The van der Waals surface area contributed by atoms with Crippen LogP contribution in [0.15, 0.2) is 65.3 Å². The molecule has 1 aliphatic heterocycles. The first-order chi connectivity index (χ1) is 14.6. The molecule has 7 heteroatoms. The van der Waals surface area contributed by atoms with Crippen LogP contribution < -0.4 is 0 Å². The number of para-hydroxylation sites is 1. The minimum absolute atomic E-state index is 0.0450. The van der Waals surface area contributed by atoms with E-state index >= 15 is 0 Å². The predicted octanol–water partition coefficient (Wildman–Crippen LogP) is 4.69. The molecule has 2 aromatic carbocycles. The number of amides is 1. The van der Waals surface area contributed by atoms with E-state index in [2.05, 4.69) is 10.3 Å². The highest BCUT2D eigenvalue weighted by molar-refractivity contribution is 6.30. The number of fused-ring (bicyclic) bond motifs is 1. The van der Waals surface area contributed by atoms with Gasteiger partial charge in [0.05, 0.1) is 29.7 Å². The number of carbonyl (C=O) groups is 1. The SMILES string of the molecule is Cc1c(C(=O)N2CCc3c(noc3-c3ccc(Cl)cc3)C2)cnn1-c1ccccc1. The van der Waals surface area contributed by atoms with Crippen LogP contribution in [0.4, 0.5) is 0 Å². The summed E-state index contributed by atoms with van der Waals surface area (Å²) in [4.78, 5) is 15.0. The molecule has 0 unspecified atom stereocenters. The highest BCUT2D eigenvalue weighted by atomic mass is 35.5. The van der Waals surface area contributed by atoms with Crippen molar-refractivity contribution in [1.29, 1.82) is 0 Å². The standard InChI is InChI=1S/C23H19ClN4O2/c1-15-20(13-25-28(15)18-5-3-2-4-6-18)23(29)27-12-11-19-21(14-27)26-30-22(19)16-7-9-17(24)10-8-16/h2-10,13H,11-12,14H2,1H3. The Morgan fingerprint density at radius 2 is 1.87 bits per heavy atom. The van der Waals surface area contributed by atoms with Crippen molar-refractivity contribution in [2.24, 2.45) is 0 Å². The molecule has 4 aromatic rings. The van der Waals surface area contributed by atoms with Crippen molar-refractivity contribution in [2.75, 3.05) is 6.54 Å². The van der Waals surface area contributed by atoms with Crippen molar-refractivity contribution in [2.45, 2.75) is 19.9 Å². The molecule has 0 fully saturated rings. The van der Waals surface area contributed by atoms with E-state index in [9.17, 15) is 4.79 Å². The zero-order valence-corrected chi connectivity index (χ0v) is 17.1. The van der Waals surface area contributed by atoms with Gasteiger partial charge in [0.1, 0.15) is 5.69 Å². The summed E-state index contributed by atoms with van der Waals surface area (Å²) in [5.41, 5.74) is 5.14. The minimum atomic E-state index is -0.0450. The molecule has 0 N–H and O–H groups in total. The Morgan fingerprint density at radius 1 is 1.10 bits per heavy atom. The Labute approximate surface area is 178 Å². The Kier molecular flexibility index (Phi) is 4.64. The molecule has 0 aliphatic carbocycles. The number of carbonyl (C=O) groups excluding carboxylic acids is 1. The fourth-order valence-electron chi connectivity index (χ4n) is 3.85. The van der Waals surface area contributed by atoms with Crippen LogP contribution >= 0.6 is 11.6 Å². The molecule has 0 atom stereocenters. The summed E-state index contributed by atoms with van der Waals surface area (Å²) < 4.78 is 7.40. The van der Waals surface area contributed by atoms with Crippen LogP contribution in [-0.4, -0.2) is 32.3 Å². The summed E-state index contributed by atoms with van der Waals surface area (Å²) >= 11 is 5.98. The lowest BCUT2D eigenvalue weighted by molar-refractivity contribution is 0.0731. The average Bonchev–Trinajstić information content (AvgIpc) is 3.37. The summed E-state index contributed by atoms with van der Waals surface area (Å²) in [5, 5.41) is 9.33. The van der Waals surface area contributed by atoms with Crippen LogP contribution in [0.5, 0.6) is 0 Å². The summed E-state index contributed by atoms with van der Waals surface area (Å²) in [7, 11) is 0. The molecule has 0 saturated heterocycles. The van der Waals surface area contributed by atoms with Gasteiger partial charge in [-0.05, 0) is 49.7 Å². The second-order valence-corrected chi connectivity index (χ2v) is 7.75. The van der Waals surface area contributed by atoms with Crippen molar-refractivity contribution < 1.29 is 9.32 Å². The number of nitrogens with zero attached hydrogens (tertiary/aromatic N) is 4. The molecule has 6 nitrogen and oxygen atoms in total. The molecular formula is C23H19ClN4O2. The van der Waals surface area contributed by atoms with Crippen LogP contribution in [-0.2, 0) is 13.0 Å². The molecule has 3 heterocycles. The number of hydrogen-bond donors (Lipinski definition) is 0. The number of benzene rings is 2. The Balaban J connectivity index is 1.39. The third-order valence-electron chi connectivity index (χ3n) is 5.48. The van der Waals surface area contributed by atoms with Crippen LogP contribution in [0.3, 0.4) is 0 Å². The van der Waals surface area contributed by atoms with E-state index in [4.69, 9.17) is 16.1 Å². The quantitative estimate of drug-likeness (QED) is 0.484. The second kappa shape index (κ2) is 7.46. The van der Waals surface area contributed by atoms with Crippen LogP contribution in [0.25, 0.3) is 17.0 Å². The lowest BCUT2D eigenvalue weighted by Crippen LogP contribution is -2.36. The second-order valence-electron chi connectivity index (χ2n) is 7.31. The van der Waals surface area contributed by atoms with E-state index in [0.29, 0.717) is 30.1 Å². The van der Waals surface area contributed by atoms with Gasteiger partial charge in [-0.25, -0.2) is 4.68 Å². The Hall–Kier alpha value is -3.38. The first-order valence-electron chi connectivity index (χ1n) is 9.74. The van der Waals surface area contributed by atoms with Gasteiger partial charge in [0.15, 0.2) is 5.76 Å². The van der Waals surface area contributed by atoms with Gasteiger partial charge < -0.3 is 9.42 Å². The third-order valence-corrected chi connectivity index (χ3v) is 5.73. The molecule has 150 valence electrons. The van der Waals surface area contributed by atoms with Crippen molar-refractivity contribution in [3.05, 3.63) is 88.3 Å². The van der Waals surface area contributed by atoms with Gasteiger partial charge in [0.2, 0.25) is 0 Å². The number of halogens is 1. The molecule has 2 aromatic heterocycles. The van der Waals surface area contributed by atoms with Crippen LogP contribution in [0, 0.1) is 6.92 Å². The fraction of sp³-hybridized carbons (Fsp3) is 0.174. The zero-order chi connectivity index (χ0) is 20.7. The molecule has 0 spiro atoms. The molecule has 0 radical (unpaired) electrons. The van der Waals surface area contributed by atoms with Gasteiger partial charge in [-0.1, -0.05) is 35.0 Å². The first-order valence-corrected chi connectivity index (χ1v) is 10.1.